The van der Waals surface area contributed by atoms with Gasteiger partial charge in [0, 0.05) is 18.5 Å². The van der Waals surface area contributed by atoms with Crippen LogP contribution in [0.15, 0.2) is 48.5 Å². The van der Waals surface area contributed by atoms with Gasteiger partial charge in [-0.2, -0.15) is 0 Å². The molecule has 0 saturated carbocycles. The van der Waals surface area contributed by atoms with E-state index in [1.807, 2.05) is 34.9 Å². The number of rotatable bonds is 4. The molecule has 2 aromatic carbocycles. The quantitative estimate of drug-likeness (QED) is 0.750. The number of thiocarbonyl (C=S) groups is 1. The molecule has 106 valence electrons. The summed E-state index contributed by atoms with van der Waals surface area (Å²) < 4.78 is 15.5. The largest absolute Gasteiger partial charge is 0.393 e. The minimum Gasteiger partial charge on any atom is -0.393 e. The van der Waals surface area contributed by atoms with E-state index in [1.165, 1.54) is 12.1 Å². The second-order valence-corrected chi connectivity index (χ2v) is 5.33. The van der Waals surface area contributed by atoms with Crippen molar-refractivity contribution < 1.29 is 4.39 Å². The van der Waals surface area contributed by atoms with Gasteiger partial charge in [-0.1, -0.05) is 36.5 Å². The maximum Gasteiger partial charge on any atom is 0.141 e. The van der Waals surface area contributed by atoms with Crippen LogP contribution >= 0.6 is 12.2 Å². The Morgan fingerprint density at radius 3 is 2.76 bits per heavy atom. The van der Waals surface area contributed by atoms with Crippen molar-refractivity contribution in [1.29, 1.82) is 0 Å². The standard InChI is InChI=1S/C16H14FN3S/c17-12-5-3-4-11(10-12)16-19-13-6-1-2-7-14(13)20(16)9-8-15(18)21/h1-7,10H,8-9H2,(H2,18,21). The summed E-state index contributed by atoms with van der Waals surface area (Å²) >= 11 is 4.96. The highest BCUT2D eigenvalue weighted by atomic mass is 32.1. The Morgan fingerprint density at radius 2 is 2.00 bits per heavy atom. The minimum atomic E-state index is -0.277. The normalized spacial score (nSPS) is 10.9. The predicted molar refractivity (Wildman–Crippen MR) is 86.5 cm³/mol. The summed E-state index contributed by atoms with van der Waals surface area (Å²) in [6.45, 7) is 0.627. The molecule has 0 bridgehead atoms. The number of hydrogen-bond donors (Lipinski definition) is 1. The molecular formula is C16H14FN3S. The number of para-hydroxylation sites is 2. The van der Waals surface area contributed by atoms with Gasteiger partial charge >= 0.3 is 0 Å². The van der Waals surface area contributed by atoms with Crippen molar-refractivity contribution in [3.8, 4) is 11.4 Å². The number of nitrogens with zero attached hydrogens (tertiary/aromatic N) is 2. The van der Waals surface area contributed by atoms with Crippen LogP contribution in [0.25, 0.3) is 22.4 Å². The molecule has 0 amide bonds. The zero-order valence-electron chi connectivity index (χ0n) is 11.3. The number of hydrogen-bond acceptors (Lipinski definition) is 2. The summed E-state index contributed by atoms with van der Waals surface area (Å²) in [6.07, 6.45) is 0.581. The lowest BCUT2D eigenvalue weighted by Crippen LogP contribution is -2.12. The molecule has 0 aliphatic heterocycles. The van der Waals surface area contributed by atoms with E-state index in [0.29, 0.717) is 18.0 Å². The third-order valence-electron chi connectivity index (χ3n) is 3.32. The first-order chi connectivity index (χ1) is 10.1. The fraction of sp³-hybridized carbons (Fsp3) is 0.125. The summed E-state index contributed by atoms with van der Waals surface area (Å²) in [6, 6.07) is 14.3. The van der Waals surface area contributed by atoms with Crippen molar-refractivity contribution in [1.82, 2.24) is 9.55 Å². The number of benzene rings is 2. The van der Waals surface area contributed by atoms with E-state index in [9.17, 15) is 4.39 Å². The SMILES string of the molecule is NC(=S)CCn1c(-c2cccc(F)c2)nc2ccccc21. The van der Waals surface area contributed by atoms with Crippen LogP contribution in [0.1, 0.15) is 6.42 Å². The smallest absolute Gasteiger partial charge is 0.141 e. The van der Waals surface area contributed by atoms with Gasteiger partial charge < -0.3 is 10.3 Å². The fourth-order valence-electron chi connectivity index (χ4n) is 2.37. The van der Waals surface area contributed by atoms with E-state index < -0.39 is 0 Å². The molecule has 1 aromatic heterocycles. The third-order valence-corrected chi connectivity index (χ3v) is 3.52. The van der Waals surface area contributed by atoms with Crippen LogP contribution in [0.2, 0.25) is 0 Å². The number of aryl methyl sites for hydroxylation is 1. The van der Waals surface area contributed by atoms with Gasteiger partial charge in [-0.3, -0.25) is 0 Å². The lowest BCUT2D eigenvalue weighted by Gasteiger charge is -2.09. The van der Waals surface area contributed by atoms with Crippen molar-refractivity contribution in [3.05, 3.63) is 54.3 Å². The first kappa shape index (κ1) is 13.7. The number of imidazole rings is 1. The van der Waals surface area contributed by atoms with Crippen molar-refractivity contribution >= 4 is 28.2 Å². The first-order valence-electron chi connectivity index (χ1n) is 6.64. The van der Waals surface area contributed by atoms with Gasteiger partial charge in [-0.05, 0) is 24.3 Å². The summed E-state index contributed by atoms with van der Waals surface area (Å²) in [7, 11) is 0. The Kier molecular flexibility index (Phi) is 3.66. The lowest BCUT2D eigenvalue weighted by atomic mass is 10.2. The van der Waals surface area contributed by atoms with E-state index in [0.717, 1.165) is 22.4 Å². The first-order valence-corrected chi connectivity index (χ1v) is 7.05. The average Bonchev–Trinajstić information content (AvgIpc) is 2.84. The van der Waals surface area contributed by atoms with Gasteiger partial charge in [0.1, 0.15) is 11.6 Å². The van der Waals surface area contributed by atoms with Gasteiger partial charge in [0.2, 0.25) is 0 Å². The zero-order chi connectivity index (χ0) is 14.8. The van der Waals surface area contributed by atoms with Crippen LogP contribution in [-0.4, -0.2) is 14.5 Å². The summed E-state index contributed by atoms with van der Waals surface area (Å²) in [4.78, 5) is 5.07. The molecule has 0 atom stereocenters. The zero-order valence-corrected chi connectivity index (χ0v) is 12.1. The molecule has 1 heterocycles. The van der Waals surface area contributed by atoms with Crippen LogP contribution in [-0.2, 0) is 6.54 Å². The Bertz CT molecular complexity index is 810. The molecule has 3 rings (SSSR count). The van der Waals surface area contributed by atoms with Crippen molar-refractivity contribution in [2.24, 2.45) is 5.73 Å². The molecule has 0 fully saturated rings. The second-order valence-electron chi connectivity index (χ2n) is 4.80. The van der Waals surface area contributed by atoms with Gasteiger partial charge in [-0.25, -0.2) is 9.37 Å². The monoisotopic (exact) mass is 299 g/mol. The molecule has 0 aliphatic rings. The van der Waals surface area contributed by atoms with Gasteiger partial charge in [0.25, 0.3) is 0 Å². The average molecular weight is 299 g/mol. The van der Waals surface area contributed by atoms with E-state index in [1.54, 1.807) is 6.07 Å². The molecule has 0 saturated heterocycles. The van der Waals surface area contributed by atoms with Crippen LogP contribution in [0.3, 0.4) is 0 Å². The maximum atomic E-state index is 13.5. The van der Waals surface area contributed by atoms with E-state index in [2.05, 4.69) is 4.98 Å². The van der Waals surface area contributed by atoms with Gasteiger partial charge in [-0.15, -0.1) is 0 Å². The highest BCUT2D eigenvalue weighted by molar-refractivity contribution is 7.80. The Morgan fingerprint density at radius 1 is 1.19 bits per heavy atom. The maximum absolute atomic E-state index is 13.5. The molecule has 2 N–H and O–H groups in total. The van der Waals surface area contributed by atoms with E-state index >= 15 is 0 Å². The molecule has 3 nitrogen and oxygen atoms in total. The van der Waals surface area contributed by atoms with Crippen LogP contribution in [0, 0.1) is 5.82 Å². The van der Waals surface area contributed by atoms with Crippen molar-refractivity contribution in [3.63, 3.8) is 0 Å². The minimum absolute atomic E-state index is 0.277. The van der Waals surface area contributed by atoms with Gasteiger partial charge in [0.15, 0.2) is 0 Å². The Balaban J connectivity index is 2.16. The predicted octanol–water partition coefficient (Wildman–Crippen LogP) is 3.52. The van der Waals surface area contributed by atoms with Crippen LogP contribution < -0.4 is 5.73 Å². The molecule has 3 aromatic rings. The Labute approximate surface area is 127 Å². The third kappa shape index (κ3) is 2.78. The summed E-state index contributed by atoms with van der Waals surface area (Å²) in [5.41, 5.74) is 8.22. The topological polar surface area (TPSA) is 43.8 Å². The van der Waals surface area contributed by atoms with Crippen LogP contribution in [0.5, 0.6) is 0 Å². The van der Waals surface area contributed by atoms with Crippen molar-refractivity contribution in [2.45, 2.75) is 13.0 Å². The number of halogens is 1. The summed E-state index contributed by atoms with van der Waals surface area (Å²) in [5, 5.41) is 0. The molecule has 5 heteroatoms. The number of aromatic nitrogens is 2. The van der Waals surface area contributed by atoms with Crippen LogP contribution in [0.4, 0.5) is 4.39 Å². The molecule has 0 aliphatic carbocycles. The fourth-order valence-corrected chi connectivity index (χ4v) is 2.46. The van der Waals surface area contributed by atoms with Gasteiger partial charge in [0.05, 0.1) is 16.0 Å². The molecular weight excluding hydrogens is 285 g/mol. The number of nitrogens with two attached hydrogens (primary N) is 1. The highest BCUT2D eigenvalue weighted by Crippen LogP contribution is 2.25. The molecule has 0 spiro atoms. The molecule has 0 radical (unpaired) electrons. The van der Waals surface area contributed by atoms with E-state index in [-0.39, 0.29) is 5.82 Å². The molecule has 0 unspecified atom stereocenters. The lowest BCUT2D eigenvalue weighted by molar-refractivity contribution is 0.628. The van der Waals surface area contributed by atoms with E-state index in [4.69, 9.17) is 18.0 Å². The molecule has 21 heavy (non-hydrogen) atoms. The second kappa shape index (κ2) is 5.61. The number of fused-ring (bicyclic) bond motifs is 1. The Hall–Kier alpha value is -2.27. The summed E-state index contributed by atoms with van der Waals surface area (Å²) in [5.74, 6) is 0.451. The van der Waals surface area contributed by atoms with Crippen molar-refractivity contribution in [2.75, 3.05) is 0 Å². The highest BCUT2D eigenvalue weighted by Gasteiger charge is 2.12.